The van der Waals surface area contributed by atoms with Crippen LogP contribution in [0.15, 0.2) is 42.0 Å². The molecule has 2 N–H and O–H groups in total. The average molecular weight is 398 g/mol. The smallest absolute Gasteiger partial charge is 0.336 e. The minimum Gasteiger partial charge on any atom is -0.502 e. The highest BCUT2D eigenvalue weighted by atomic mass is 16.5. The lowest BCUT2D eigenvalue weighted by Gasteiger charge is -2.27. The number of anilines is 1. The maximum Gasteiger partial charge on any atom is 0.336 e. The van der Waals surface area contributed by atoms with Gasteiger partial charge in [0, 0.05) is 0 Å². The van der Waals surface area contributed by atoms with Gasteiger partial charge in [-0.1, -0.05) is 12.1 Å². The average Bonchev–Trinajstić information content (AvgIpc) is 2.72. The van der Waals surface area contributed by atoms with Crippen molar-refractivity contribution in [3.63, 3.8) is 0 Å². The van der Waals surface area contributed by atoms with Crippen LogP contribution in [0.5, 0.6) is 23.0 Å². The molecule has 1 fully saturated rings. The molecule has 0 aliphatic carbocycles. The van der Waals surface area contributed by atoms with E-state index in [4.69, 9.17) is 14.2 Å². The number of carbonyl (C=O) groups excluding carboxylic acids is 3. The molecule has 2 aromatic rings. The monoisotopic (exact) mass is 398 g/mol. The Kier molecular flexibility index (Phi) is 5.40. The van der Waals surface area contributed by atoms with E-state index in [1.54, 1.807) is 18.2 Å². The molecule has 29 heavy (non-hydrogen) atoms. The number of urea groups is 1. The first kappa shape index (κ1) is 19.7. The van der Waals surface area contributed by atoms with Crippen LogP contribution in [0.3, 0.4) is 0 Å². The van der Waals surface area contributed by atoms with Gasteiger partial charge in [0.05, 0.1) is 27.0 Å². The van der Waals surface area contributed by atoms with Gasteiger partial charge in [-0.2, -0.15) is 0 Å². The van der Waals surface area contributed by atoms with Crippen molar-refractivity contribution in [3.05, 3.63) is 47.5 Å². The van der Waals surface area contributed by atoms with E-state index in [1.807, 2.05) is 0 Å². The van der Waals surface area contributed by atoms with Gasteiger partial charge in [0.2, 0.25) is 5.75 Å². The minimum absolute atomic E-state index is 0.0949. The van der Waals surface area contributed by atoms with Gasteiger partial charge in [0.15, 0.2) is 11.5 Å². The van der Waals surface area contributed by atoms with Crippen LogP contribution >= 0.6 is 0 Å². The van der Waals surface area contributed by atoms with Crippen LogP contribution in [0, 0.1) is 0 Å². The summed E-state index contributed by atoms with van der Waals surface area (Å²) < 4.78 is 15.4. The fourth-order valence-electron chi connectivity index (χ4n) is 2.85. The third kappa shape index (κ3) is 3.57. The van der Waals surface area contributed by atoms with Crippen LogP contribution in [0.25, 0.3) is 6.08 Å². The predicted molar refractivity (Wildman–Crippen MR) is 103 cm³/mol. The normalized spacial score (nSPS) is 15.3. The number of aromatic hydroxyl groups is 1. The Morgan fingerprint density at radius 3 is 2.10 bits per heavy atom. The number of methoxy groups -OCH3 is 3. The van der Waals surface area contributed by atoms with E-state index in [0.717, 1.165) is 4.90 Å². The maximum atomic E-state index is 13.0. The quantitative estimate of drug-likeness (QED) is 0.585. The fourth-order valence-corrected chi connectivity index (χ4v) is 2.85. The topological polar surface area (TPSA) is 114 Å². The van der Waals surface area contributed by atoms with Crippen LogP contribution in [0.2, 0.25) is 0 Å². The second-order valence-electron chi connectivity index (χ2n) is 5.90. The predicted octanol–water partition coefficient (Wildman–Crippen LogP) is 2.08. The molecule has 0 aromatic heterocycles. The fraction of sp³-hybridized carbons (Fsp3) is 0.150. The zero-order valence-corrected chi connectivity index (χ0v) is 15.9. The van der Waals surface area contributed by atoms with Gasteiger partial charge in [0.1, 0.15) is 11.3 Å². The number of para-hydroxylation sites is 2. The molecule has 0 atom stereocenters. The van der Waals surface area contributed by atoms with Crippen molar-refractivity contribution >= 4 is 29.6 Å². The van der Waals surface area contributed by atoms with E-state index in [2.05, 4.69) is 5.32 Å². The second kappa shape index (κ2) is 7.93. The second-order valence-corrected chi connectivity index (χ2v) is 5.90. The van der Waals surface area contributed by atoms with Crippen molar-refractivity contribution in [2.45, 2.75) is 0 Å². The number of phenolic OH excluding ortho intramolecular Hbond substituents is 1. The number of hydrogen-bond donors (Lipinski definition) is 2. The SMILES string of the molecule is COc1ccccc1N1C(=O)NC(=O)/C(=C/c2cc(OC)c(O)c(OC)c2)C1=O. The maximum absolute atomic E-state index is 13.0. The van der Waals surface area contributed by atoms with Gasteiger partial charge in [-0.3, -0.25) is 14.9 Å². The molecule has 2 aromatic carbocycles. The van der Waals surface area contributed by atoms with Gasteiger partial charge in [0.25, 0.3) is 11.8 Å². The van der Waals surface area contributed by atoms with Crippen LogP contribution < -0.4 is 24.4 Å². The number of carbonyl (C=O) groups is 3. The molecule has 4 amide bonds. The molecule has 0 unspecified atom stereocenters. The Morgan fingerprint density at radius 2 is 1.52 bits per heavy atom. The summed E-state index contributed by atoms with van der Waals surface area (Å²) >= 11 is 0. The lowest BCUT2D eigenvalue weighted by atomic mass is 10.1. The Hall–Kier alpha value is -4.01. The number of amides is 4. The lowest BCUT2D eigenvalue weighted by Crippen LogP contribution is -2.54. The number of rotatable bonds is 5. The summed E-state index contributed by atoms with van der Waals surface area (Å²) in [5.41, 5.74) is 0.256. The van der Waals surface area contributed by atoms with E-state index >= 15 is 0 Å². The first-order chi connectivity index (χ1) is 13.9. The molecule has 9 nitrogen and oxygen atoms in total. The molecule has 1 aliphatic rings. The summed E-state index contributed by atoms with van der Waals surface area (Å²) in [5, 5.41) is 12.2. The van der Waals surface area contributed by atoms with Gasteiger partial charge >= 0.3 is 6.03 Å². The molecular weight excluding hydrogens is 380 g/mol. The van der Waals surface area contributed by atoms with E-state index in [0.29, 0.717) is 5.56 Å². The first-order valence-electron chi connectivity index (χ1n) is 8.40. The van der Waals surface area contributed by atoms with Crippen molar-refractivity contribution < 1.29 is 33.7 Å². The standard InChI is InChI=1S/C20H18N2O7/c1-27-14-7-5-4-6-13(14)22-19(25)12(18(24)21-20(22)26)8-11-9-15(28-2)17(23)16(10-11)29-3/h4-10,23H,1-3H3,(H,21,24,26)/b12-8-. The molecule has 0 radical (unpaired) electrons. The zero-order chi connectivity index (χ0) is 21.1. The van der Waals surface area contributed by atoms with E-state index in [-0.39, 0.29) is 34.3 Å². The highest BCUT2D eigenvalue weighted by Gasteiger charge is 2.38. The van der Waals surface area contributed by atoms with Crippen molar-refractivity contribution in [1.29, 1.82) is 0 Å². The Balaban J connectivity index is 2.09. The van der Waals surface area contributed by atoms with Crippen LogP contribution in [-0.2, 0) is 9.59 Å². The van der Waals surface area contributed by atoms with Gasteiger partial charge in [-0.05, 0) is 35.9 Å². The molecule has 1 heterocycles. The molecule has 3 rings (SSSR count). The van der Waals surface area contributed by atoms with E-state index in [1.165, 1.54) is 45.6 Å². The molecular formula is C20H18N2O7. The number of nitrogens with zero attached hydrogens (tertiary/aromatic N) is 1. The van der Waals surface area contributed by atoms with Gasteiger partial charge in [-0.15, -0.1) is 0 Å². The molecule has 0 bridgehead atoms. The van der Waals surface area contributed by atoms with Crippen LogP contribution in [0.4, 0.5) is 10.5 Å². The first-order valence-corrected chi connectivity index (χ1v) is 8.40. The summed E-state index contributed by atoms with van der Waals surface area (Å²) in [6, 6.07) is 8.40. The van der Waals surface area contributed by atoms with Crippen LogP contribution in [0.1, 0.15) is 5.56 Å². The van der Waals surface area contributed by atoms with Crippen molar-refractivity contribution in [1.82, 2.24) is 5.32 Å². The Bertz CT molecular complexity index is 1000. The van der Waals surface area contributed by atoms with Gasteiger partial charge < -0.3 is 19.3 Å². The molecule has 0 saturated carbocycles. The third-order valence-electron chi connectivity index (χ3n) is 4.24. The Labute approximate surface area is 166 Å². The van der Waals surface area contributed by atoms with Crippen molar-refractivity contribution in [2.75, 3.05) is 26.2 Å². The summed E-state index contributed by atoms with van der Waals surface area (Å²) in [7, 11) is 4.11. The molecule has 1 aliphatic heterocycles. The summed E-state index contributed by atoms with van der Waals surface area (Å²) in [6.45, 7) is 0. The van der Waals surface area contributed by atoms with Crippen molar-refractivity contribution in [3.8, 4) is 23.0 Å². The van der Waals surface area contributed by atoms with Gasteiger partial charge in [-0.25, -0.2) is 9.69 Å². The zero-order valence-electron chi connectivity index (χ0n) is 15.9. The number of barbiturate groups is 1. The third-order valence-corrected chi connectivity index (χ3v) is 4.24. The Morgan fingerprint density at radius 1 is 0.931 bits per heavy atom. The van der Waals surface area contributed by atoms with E-state index < -0.39 is 17.8 Å². The minimum atomic E-state index is -0.887. The molecule has 0 spiro atoms. The lowest BCUT2D eigenvalue weighted by molar-refractivity contribution is -0.122. The summed E-state index contributed by atoms with van der Waals surface area (Å²) in [6.07, 6.45) is 1.27. The van der Waals surface area contributed by atoms with Crippen LogP contribution in [-0.4, -0.2) is 44.3 Å². The number of nitrogens with one attached hydrogen (secondary N) is 1. The highest BCUT2D eigenvalue weighted by Crippen LogP contribution is 2.38. The summed E-state index contributed by atoms with van der Waals surface area (Å²) in [5.74, 6) is -1.42. The molecule has 150 valence electrons. The number of phenols is 1. The number of hydrogen-bond acceptors (Lipinski definition) is 7. The molecule has 9 heteroatoms. The summed E-state index contributed by atoms with van der Waals surface area (Å²) in [4.78, 5) is 38.5. The number of benzene rings is 2. The number of ether oxygens (including phenoxy) is 3. The van der Waals surface area contributed by atoms with Crippen molar-refractivity contribution in [2.24, 2.45) is 0 Å². The van der Waals surface area contributed by atoms with E-state index in [9.17, 15) is 19.5 Å². The largest absolute Gasteiger partial charge is 0.502 e. The highest BCUT2D eigenvalue weighted by molar-refractivity contribution is 6.39. The molecule has 1 saturated heterocycles. The number of imide groups is 2.